The second kappa shape index (κ2) is 8.99. The number of aliphatic carboxylic acids is 1. The molecule has 0 aliphatic rings. The maximum absolute atomic E-state index is 11.8. The van der Waals surface area contributed by atoms with Gasteiger partial charge in [0.2, 0.25) is 6.41 Å². The molecule has 2 rings (SSSR count). The third-order valence-corrected chi connectivity index (χ3v) is 4.02. The molecule has 0 aromatic heterocycles. The second-order valence-electron chi connectivity index (χ2n) is 6.31. The Bertz CT molecular complexity index is 632. The number of hydrazine groups is 1. The summed E-state index contributed by atoms with van der Waals surface area (Å²) in [6.45, 7) is 4.51. The summed E-state index contributed by atoms with van der Waals surface area (Å²) < 4.78 is 0. The van der Waals surface area contributed by atoms with Crippen molar-refractivity contribution in [3.05, 3.63) is 71.8 Å². The Morgan fingerprint density at radius 2 is 1.40 bits per heavy atom. The van der Waals surface area contributed by atoms with Crippen molar-refractivity contribution in [2.75, 3.05) is 0 Å². The molecule has 0 spiro atoms. The van der Waals surface area contributed by atoms with Crippen LogP contribution in [0.15, 0.2) is 60.7 Å². The van der Waals surface area contributed by atoms with Gasteiger partial charge in [0.25, 0.3) is 0 Å². The van der Waals surface area contributed by atoms with Crippen LogP contribution in [-0.2, 0) is 22.7 Å². The SMILES string of the molecule is CC(C)[C@@H](C(=O)O)N(C=O)N(Cc1ccccc1)Cc1ccccc1. The summed E-state index contributed by atoms with van der Waals surface area (Å²) >= 11 is 0. The largest absolute Gasteiger partial charge is 0.480 e. The summed E-state index contributed by atoms with van der Waals surface area (Å²) in [7, 11) is 0. The maximum atomic E-state index is 11.8. The number of benzene rings is 2. The second-order valence-corrected chi connectivity index (χ2v) is 6.31. The molecule has 132 valence electrons. The van der Waals surface area contributed by atoms with Gasteiger partial charge in [-0.3, -0.25) is 9.80 Å². The number of hydrogen-bond donors (Lipinski definition) is 1. The molecule has 2 aromatic rings. The van der Waals surface area contributed by atoms with Gasteiger partial charge in [-0.15, -0.1) is 0 Å². The molecule has 0 saturated heterocycles. The van der Waals surface area contributed by atoms with Crippen LogP contribution in [-0.4, -0.2) is 33.5 Å². The number of carbonyl (C=O) groups is 2. The topological polar surface area (TPSA) is 60.9 Å². The van der Waals surface area contributed by atoms with Crippen molar-refractivity contribution in [3.63, 3.8) is 0 Å². The quantitative estimate of drug-likeness (QED) is 0.563. The van der Waals surface area contributed by atoms with E-state index in [1.165, 1.54) is 5.01 Å². The van der Waals surface area contributed by atoms with E-state index in [2.05, 4.69) is 0 Å². The molecule has 0 bridgehead atoms. The number of carboxylic acid groups (broad SMARTS) is 1. The normalized spacial score (nSPS) is 12.2. The lowest BCUT2D eigenvalue weighted by Crippen LogP contribution is -2.52. The van der Waals surface area contributed by atoms with Gasteiger partial charge in [0.05, 0.1) is 0 Å². The Morgan fingerprint density at radius 3 is 1.72 bits per heavy atom. The Balaban J connectivity index is 2.33. The average molecular weight is 340 g/mol. The number of amides is 1. The first-order valence-corrected chi connectivity index (χ1v) is 8.32. The highest BCUT2D eigenvalue weighted by Gasteiger charge is 2.32. The molecule has 0 unspecified atom stereocenters. The molecule has 1 atom stereocenters. The highest BCUT2D eigenvalue weighted by atomic mass is 16.4. The minimum atomic E-state index is -1.01. The molecule has 0 fully saturated rings. The molecule has 1 N–H and O–H groups in total. The number of hydrogen-bond acceptors (Lipinski definition) is 3. The Morgan fingerprint density at radius 1 is 0.960 bits per heavy atom. The van der Waals surface area contributed by atoms with Crippen LogP contribution in [0.3, 0.4) is 0 Å². The summed E-state index contributed by atoms with van der Waals surface area (Å²) in [6, 6.07) is 18.5. The fraction of sp³-hybridized carbons (Fsp3) is 0.300. The lowest BCUT2D eigenvalue weighted by Gasteiger charge is -2.37. The minimum Gasteiger partial charge on any atom is -0.480 e. The van der Waals surface area contributed by atoms with Crippen molar-refractivity contribution < 1.29 is 14.7 Å². The van der Waals surface area contributed by atoms with Crippen molar-refractivity contribution in [2.45, 2.75) is 33.0 Å². The Labute approximate surface area is 148 Å². The van der Waals surface area contributed by atoms with Gasteiger partial charge < -0.3 is 5.11 Å². The van der Waals surface area contributed by atoms with Crippen molar-refractivity contribution in [1.29, 1.82) is 0 Å². The summed E-state index contributed by atoms with van der Waals surface area (Å²) in [5, 5.41) is 12.7. The predicted octanol–water partition coefficient (Wildman–Crippen LogP) is 3.17. The summed E-state index contributed by atoms with van der Waals surface area (Å²) in [4.78, 5) is 23.5. The van der Waals surface area contributed by atoms with Gasteiger partial charge in [-0.1, -0.05) is 74.5 Å². The monoisotopic (exact) mass is 340 g/mol. The van der Waals surface area contributed by atoms with Crippen LogP contribution < -0.4 is 0 Å². The first-order chi connectivity index (χ1) is 12.0. The van der Waals surface area contributed by atoms with Crippen molar-refractivity contribution >= 4 is 12.4 Å². The van der Waals surface area contributed by atoms with E-state index in [0.717, 1.165) is 11.1 Å². The standard InChI is InChI=1S/C20H24N2O3/c1-16(2)19(20(24)25)22(15-23)21(13-17-9-5-3-6-10-17)14-18-11-7-4-8-12-18/h3-12,15-16,19H,13-14H2,1-2H3,(H,24,25)/t19-/m0/s1. The van der Waals surface area contributed by atoms with Gasteiger partial charge in [0, 0.05) is 13.1 Å². The molecule has 25 heavy (non-hydrogen) atoms. The molecule has 0 aliphatic carbocycles. The molecule has 0 saturated carbocycles. The van der Waals surface area contributed by atoms with Gasteiger partial charge in [-0.05, 0) is 17.0 Å². The van der Waals surface area contributed by atoms with E-state index in [1.807, 2.05) is 60.7 Å². The van der Waals surface area contributed by atoms with E-state index < -0.39 is 12.0 Å². The molecule has 0 aliphatic heterocycles. The van der Waals surface area contributed by atoms with Crippen LogP contribution in [0, 0.1) is 5.92 Å². The van der Waals surface area contributed by atoms with Crippen LogP contribution in [0.2, 0.25) is 0 Å². The maximum Gasteiger partial charge on any atom is 0.328 e. The van der Waals surface area contributed by atoms with E-state index in [-0.39, 0.29) is 5.92 Å². The zero-order valence-corrected chi connectivity index (χ0v) is 14.6. The molecular weight excluding hydrogens is 316 g/mol. The lowest BCUT2D eigenvalue weighted by molar-refractivity contribution is -0.166. The fourth-order valence-corrected chi connectivity index (χ4v) is 2.82. The number of carbonyl (C=O) groups excluding carboxylic acids is 1. The third kappa shape index (κ3) is 5.16. The average Bonchev–Trinajstić information content (AvgIpc) is 2.60. The predicted molar refractivity (Wildman–Crippen MR) is 96.3 cm³/mol. The van der Waals surface area contributed by atoms with Crippen LogP contribution in [0.1, 0.15) is 25.0 Å². The molecular formula is C20H24N2O3. The van der Waals surface area contributed by atoms with E-state index in [0.29, 0.717) is 19.5 Å². The molecule has 5 nitrogen and oxygen atoms in total. The third-order valence-electron chi connectivity index (χ3n) is 4.02. The van der Waals surface area contributed by atoms with Crippen molar-refractivity contribution in [3.8, 4) is 0 Å². The van der Waals surface area contributed by atoms with Crippen LogP contribution in [0.4, 0.5) is 0 Å². The van der Waals surface area contributed by atoms with E-state index in [4.69, 9.17) is 0 Å². The first kappa shape index (κ1) is 18.7. The van der Waals surface area contributed by atoms with Gasteiger partial charge >= 0.3 is 5.97 Å². The van der Waals surface area contributed by atoms with Gasteiger partial charge in [0.15, 0.2) is 0 Å². The molecule has 5 heteroatoms. The summed E-state index contributed by atoms with van der Waals surface area (Å²) in [5.74, 6) is -1.22. The zero-order valence-electron chi connectivity index (χ0n) is 14.6. The van der Waals surface area contributed by atoms with Gasteiger partial charge in [-0.25, -0.2) is 9.80 Å². The highest BCUT2D eigenvalue weighted by Crippen LogP contribution is 2.18. The first-order valence-electron chi connectivity index (χ1n) is 8.32. The molecule has 0 radical (unpaired) electrons. The lowest BCUT2D eigenvalue weighted by atomic mass is 10.0. The number of rotatable bonds is 9. The smallest absolute Gasteiger partial charge is 0.328 e. The number of carboxylic acids is 1. The zero-order chi connectivity index (χ0) is 18.2. The minimum absolute atomic E-state index is 0.211. The fourth-order valence-electron chi connectivity index (χ4n) is 2.82. The Kier molecular flexibility index (Phi) is 6.71. The van der Waals surface area contributed by atoms with Crippen LogP contribution in [0.25, 0.3) is 0 Å². The summed E-state index contributed by atoms with van der Waals surface area (Å²) in [6.07, 6.45) is 0.616. The highest BCUT2D eigenvalue weighted by molar-refractivity contribution is 5.76. The molecule has 2 aromatic carbocycles. The molecule has 1 amide bonds. The van der Waals surface area contributed by atoms with Gasteiger partial charge in [0.1, 0.15) is 6.04 Å². The van der Waals surface area contributed by atoms with Gasteiger partial charge in [-0.2, -0.15) is 0 Å². The van der Waals surface area contributed by atoms with E-state index in [1.54, 1.807) is 18.9 Å². The van der Waals surface area contributed by atoms with Crippen LogP contribution in [0.5, 0.6) is 0 Å². The van der Waals surface area contributed by atoms with E-state index in [9.17, 15) is 14.7 Å². The summed E-state index contributed by atoms with van der Waals surface area (Å²) in [5.41, 5.74) is 2.02. The number of nitrogens with zero attached hydrogens (tertiary/aromatic N) is 2. The van der Waals surface area contributed by atoms with Crippen molar-refractivity contribution in [2.24, 2.45) is 5.92 Å². The Hall–Kier alpha value is -2.66. The van der Waals surface area contributed by atoms with Crippen molar-refractivity contribution in [1.82, 2.24) is 10.0 Å². The van der Waals surface area contributed by atoms with Crippen LogP contribution >= 0.6 is 0 Å². The molecule has 0 heterocycles. The van der Waals surface area contributed by atoms with E-state index >= 15 is 0 Å².